The Morgan fingerprint density at radius 1 is 1.47 bits per heavy atom. The second-order valence-corrected chi connectivity index (χ2v) is 3.79. The largest absolute Gasteiger partial charge is 0.504 e. The van der Waals surface area contributed by atoms with Crippen molar-refractivity contribution >= 4 is 5.97 Å². The molecule has 5 nitrogen and oxygen atoms in total. The summed E-state index contributed by atoms with van der Waals surface area (Å²) in [5.41, 5.74) is 4.23. The lowest BCUT2D eigenvalue weighted by atomic mass is 10.0. The Morgan fingerprint density at radius 2 is 2.05 bits per heavy atom. The number of carboxylic acid groups (broad SMARTS) is 1. The lowest BCUT2D eigenvalue weighted by Gasteiger charge is -2.18. The van der Waals surface area contributed by atoms with Crippen molar-refractivity contribution in [1.82, 2.24) is 0 Å². The van der Waals surface area contributed by atoms with Gasteiger partial charge in [0.05, 0.1) is 13.5 Å². The first-order chi connectivity index (χ1) is 8.68. The maximum absolute atomic E-state index is 12.6. The highest BCUT2D eigenvalue weighted by Gasteiger charge is 2.36. The Hall–Kier alpha value is -1.96. The quantitative estimate of drug-likeness (QED) is 0.782. The number of ether oxygens (including phenoxy) is 1. The van der Waals surface area contributed by atoms with Gasteiger partial charge in [-0.3, -0.25) is 4.79 Å². The third-order valence-electron chi connectivity index (χ3n) is 2.47. The molecule has 0 fully saturated rings. The number of hydrogen-bond donors (Lipinski definition) is 3. The maximum atomic E-state index is 12.6. The minimum atomic E-state index is -4.70. The standard InChI is InChI=1S/C11H12F3NO4/c1-19-10-6(11(12,13)14)3-2-5(9(10)18)7(15)4-8(16)17/h2-3,7,18H,4,15H2,1H3,(H,16,17). The first-order valence-electron chi connectivity index (χ1n) is 5.13. The van der Waals surface area contributed by atoms with Gasteiger partial charge < -0.3 is 20.7 Å². The minimum absolute atomic E-state index is 0.118. The number of hydrogen-bond acceptors (Lipinski definition) is 4. The third kappa shape index (κ3) is 3.28. The molecule has 4 N–H and O–H groups in total. The molecule has 1 aromatic rings. The van der Waals surface area contributed by atoms with Crippen molar-refractivity contribution in [3.8, 4) is 11.5 Å². The molecule has 106 valence electrons. The van der Waals surface area contributed by atoms with E-state index in [1.165, 1.54) is 0 Å². The molecule has 1 aromatic carbocycles. The van der Waals surface area contributed by atoms with Crippen LogP contribution in [0, 0.1) is 0 Å². The number of nitrogens with two attached hydrogens (primary N) is 1. The molecule has 1 atom stereocenters. The molecule has 0 bridgehead atoms. The van der Waals surface area contributed by atoms with Crippen LogP contribution in [0.25, 0.3) is 0 Å². The number of carboxylic acids is 1. The summed E-state index contributed by atoms with van der Waals surface area (Å²) < 4.78 is 42.5. The molecule has 0 aliphatic carbocycles. The number of rotatable bonds is 4. The molecule has 0 heterocycles. The van der Waals surface area contributed by atoms with E-state index in [1.807, 2.05) is 0 Å². The molecule has 0 saturated carbocycles. The Balaban J connectivity index is 3.29. The molecule has 0 amide bonds. The summed E-state index contributed by atoms with van der Waals surface area (Å²) in [6, 6.07) is 0.498. The Morgan fingerprint density at radius 3 is 2.47 bits per heavy atom. The maximum Gasteiger partial charge on any atom is 0.420 e. The van der Waals surface area contributed by atoms with Crippen LogP contribution in [0.1, 0.15) is 23.6 Å². The minimum Gasteiger partial charge on any atom is -0.504 e. The smallest absolute Gasteiger partial charge is 0.420 e. The van der Waals surface area contributed by atoms with Crippen molar-refractivity contribution in [2.75, 3.05) is 7.11 Å². The average Bonchev–Trinajstić information content (AvgIpc) is 2.25. The van der Waals surface area contributed by atoms with Gasteiger partial charge in [-0.15, -0.1) is 0 Å². The van der Waals surface area contributed by atoms with E-state index in [0.29, 0.717) is 6.07 Å². The Bertz CT molecular complexity index is 488. The summed E-state index contributed by atoms with van der Waals surface area (Å²) in [6.07, 6.45) is -5.22. The van der Waals surface area contributed by atoms with E-state index in [9.17, 15) is 23.1 Å². The number of phenols is 1. The molecule has 0 aromatic heterocycles. The monoisotopic (exact) mass is 279 g/mol. The van der Waals surface area contributed by atoms with Gasteiger partial charge in [-0.05, 0) is 6.07 Å². The molecule has 19 heavy (non-hydrogen) atoms. The number of aromatic hydroxyl groups is 1. The fourth-order valence-corrected chi connectivity index (χ4v) is 1.61. The molecule has 0 aliphatic heterocycles. The Labute approximate surface area is 106 Å². The number of benzene rings is 1. The second-order valence-electron chi connectivity index (χ2n) is 3.79. The van der Waals surface area contributed by atoms with E-state index >= 15 is 0 Å². The van der Waals surface area contributed by atoms with E-state index in [2.05, 4.69) is 4.74 Å². The Kier molecular flexibility index (Phi) is 4.25. The zero-order chi connectivity index (χ0) is 14.8. The van der Waals surface area contributed by atoms with Crippen molar-refractivity contribution in [1.29, 1.82) is 0 Å². The summed E-state index contributed by atoms with van der Waals surface area (Å²) >= 11 is 0. The van der Waals surface area contributed by atoms with Gasteiger partial charge in [0.2, 0.25) is 0 Å². The first-order valence-corrected chi connectivity index (χ1v) is 5.13. The molecule has 8 heteroatoms. The van der Waals surface area contributed by atoms with Gasteiger partial charge in [0.1, 0.15) is 5.56 Å². The normalized spacial score (nSPS) is 13.1. The van der Waals surface area contributed by atoms with Crippen molar-refractivity contribution in [3.63, 3.8) is 0 Å². The topological polar surface area (TPSA) is 92.8 Å². The third-order valence-corrected chi connectivity index (χ3v) is 2.47. The lowest BCUT2D eigenvalue weighted by Crippen LogP contribution is -2.16. The summed E-state index contributed by atoms with van der Waals surface area (Å²) in [7, 11) is 0.969. The summed E-state index contributed by atoms with van der Waals surface area (Å²) in [5.74, 6) is -2.80. The van der Waals surface area contributed by atoms with Crippen LogP contribution in [-0.4, -0.2) is 23.3 Å². The van der Waals surface area contributed by atoms with Crippen LogP contribution >= 0.6 is 0 Å². The van der Waals surface area contributed by atoms with Gasteiger partial charge >= 0.3 is 12.1 Å². The molecule has 0 spiro atoms. The molecule has 0 aliphatic rings. The zero-order valence-electron chi connectivity index (χ0n) is 9.86. The van der Waals surface area contributed by atoms with Crippen molar-refractivity contribution in [3.05, 3.63) is 23.3 Å². The van der Waals surface area contributed by atoms with Gasteiger partial charge in [0.25, 0.3) is 0 Å². The van der Waals surface area contributed by atoms with Crippen molar-refractivity contribution < 1.29 is 32.9 Å². The molecule has 0 saturated heterocycles. The van der Waals surface area contributed by atoms with Crippen LogP contribution in [-0.2, 0) is 11.0 Å². The van der Waals surface area contributed by atoms with Crippen molar-refractivity contribution in [2.24, 2.45) is 5.73 Å². The van der Waals surface area contributed by atoms with Gasteiger partial charge in [0.15, 0.2) is 11.5 Å². The zero-order valence-corrected chi connectivity index (χ0v) is 9.86. The molecular weight excluding hydrogens is 267 g/mol. The van der Waals surface area contributed by atoms with Gasteiger partial charge in [0, 0.05) is 11.6 Å². The molecule has 0 radical (unpaired) electrons. The van der Waals surface area contributed by atoms with Gasteiger partial charge in [-0.2, -0.15) is 13.2 Å². The van der Waals surface area contributed by atoms with Crippen LogP contribution in [0.2, 0.25) is 0 Å². The molecule has 1 unspecified atom stereocenters. The average molecular weight is 279 g/mol. The highest BCUT2D eigenvalue weighted by molar-refractivity contribution is 5.68. The van der Waals surface area contributed by atoms with Gasteiger partial charge in [-0.1, -0.05) is 6.07 Å². The molecule has 1 rings (SSSR count). The lowest BCUT2D eigenvalue weighted by molar-refractivity contribution is -0.139. The summed E-state index contributed by atoms with van der Waals surface area (Å²) in [5, 5.41) is 18.3. The van der Waals surface area contributed by atoms with E-state index in [4.69, 9.17) is 10.8 Å². The molecular formula is C11H12F3NO4. The number of carbonyl (C=O) groups is 1. The van der Waals surface area contributed by atoms with Crippen LogP contribution < -0.4 is 10.5 Å². The summed E-state index contributed by atoms with van der Waals surface area (Å²) in [4.78, 5) is 10.5. The predicted octanol–water partition coefficient (Wildman–Crippen LogP) is 1.89. The number of alkyl halides is 3. The number of methoxy groups -OCH3 is 1. The van der Waals surface area contributed by atoms with Gasteiger partial charge in [-0.25, -0.2) is 0 Å². The number of halogens is 3. The van der Waals surface area contributed by atoms with E-state index in [0.717, 1.165) is 13.2 Å². The summed E-state index contributed by atoms with van der Waals surface area (Å²) in [6.45, 7) is 0. The SMILES string of the molecule is COc1c(C(F)(F)F)ccc(C(N)CC(=O)O)c1O. The van der Waals surface area contributed by atoms with E-state index in [1.54, 1.807) is 0 Å². The highest BCUT2D eigenvalue weighted by Crippen LogP contribution is 2.44. The van der Waals surface area contributed by atoms with Crippen LogP contribution in [0.5, 0.6) is 11.5 Å². The first kappa shape index (κ1) is 15.1. The fraction of sp³-hybridized carbons (Fsp3) is 0.364. The van der Waals surface area contributed by atoms with E-state index in [-0.39, 0.29) is 5.56 Å². The van der Waals surface area contributed by atoms with E-state index < -0.39 is 41.7 Å². The van der Waals surface area contributed by atoms with Crippen LogP contribution in [0.4, 0.5) is 13.2 Å². The van der Waals surface area contributed by atoms with Crippen LogP contribution in [0.3, 0.4) is 0 Å². The van der Waals surface area contributed by atoms with Crippen LogP contribution in [0.15, 0.2) is 12.1 Å². The second kappa shape index (κ2) is 5.35. The number of phenolic OH excluding ortho intramolecular Hbond substituents is 1. The predicted molar refractivity (Wildman–Crippen MR) is 58.8 cm³/mol. The number of aliphatic carboxylic acids is 1. The highest BCUT2D eigenvalue weighted by atomic mass is 19.4. The van der Waals surface area contributed by atoms with Crippen molar-refractivity contribution in [2.45, 2.75) is 18.6 Å². The fourth-order valence-electron chi connectivity index (χ4n) is 1.61.